The van der Waals surface area contributed by atoms with Crippen LogP contribution in [0.4, 0.5) is 0 Å². The SMILES string of the molecule is CCC1CSC(NC(C)C2CCCCC2)=N1. The topological polar surface area (TPSA) is 24.4 Å². The lowest BCUT2D eigenvalue weighted by Gasteiger charge is -2.28. The molecule has 2 rings (SSSR count). The summed E-state index contributed by atoms with van der Waals surface area (Å²) in [4.78, 5) is 4.71. The van der Waals surface area contributed by atoms with E-state index in [9.17, 15) is 0 Å². The van der Waals surface area contributed by atoms with Crippen molar-refractivity contribution in [1.82, 2.24) is 5.32 Å². The molecule has 0 radical (unpaired) electrons. The average molecular weight is 240 g/mol. The number of hydrogen-bond donors (Lipinski definition) is 1. The first-order valence-electron chi connectivity index (χ1n) is 6.76. The van der Waals surface area contributed by atoms with E-state index in [2.05, 4.69) is 19.2 Å². The summed E-state index contributed by atoms with van der Waals surface area (Å²) >= 11 is 1.91. The van der Waals surface area contributed by atoms with Crippen molar-refractivity contribution < 1.29 is 0 Å². The van der Waals surface area contributed by atoms with Crippen molar-refractivity contribution in [3.63, 3.8) is 0 Å². The van der Waals surface area contributed by atoms with Crippen LogP contribution in [-0.4, -0.2) is 23.0 Å². The van der Waals surface area contributed by atoms with E-state index in [1.54, 1.807) is 0 Å². The van der Waals surface area contributed by atoms with Gasteiger partial charge < -0.3 is 5.32 Å². The van der Waals surface area contributed by atoms with E-state index < -0.39 is 0 Å². The number of nitrogens with zero attached hydrogens (tertiary/aromatic N) is 1. The van der Waals surface area contributed by atoms with Gasteiger partial charge in [-0.05, 0) is 32.1 Å². The van der Waals surface area contributed by atoms with Crippen molar-refractivity contribution in [2.24, 2.45) is 10.9 Å². The van der Waals surface area contributed by atoms with Gasteiger partial charge in [-0.2, -0.15) is 0 Å². The van der Waals surface area contributed by atoms with Crippen LogP contribution in [0.1, 0.15) is 52.4 Å². The van der Waals surface area contributed by atoms with E-state index >= 15 is 0 Å². The zero-order valence-corrected chi connectivity index (χ0v) is 11.4. The third-order valence-corrected chi connectivity index (χ3v) is 4.94. The van der Waals surface area contributed by atoms with Crippen molar-refractivity contribution in [2.45, 2.75) is 64.5 Å². The van der Waals surface area contributed by atoms with Gasteiger partial charge in [-0.3, -0.25) is 4.99 Å². The first kappa shape index (κ1) is 12.3. The van der Waals surface area contributed by atoms with Crippen LogP contribution in [-0.2, 0) is 0 Å². The van der Waals surface area contributed by atoms with Crippen LogP contribution in [0.2, 0.25) is 0 Å². The normalized spacial score (nSPS) is 28.9. The van der Waals surface area contributed by atoms with E-state index in [4.69, 9.17) is 4.99 Å². The molecular formula is C13H24N2S. The van der Waals surface area contributed by atoms with Gasteiger partial charge in [-0.25, -0.2) is 0 Å². The second-order valence-electron chi connectivity index (χ2n) is 5.14. The third-order valence-electron chi connectivity index (χ3n) is 3.89. The predicted molar refractivity (Wildman–Crippen MR) is 73.1 cm³/mol. The molecule has 2 aliphatic rings. The Morgan fingerprint density at radius 2 is 2.12 bits per heavy atom. The highest BCUT2D eigenvalue weighted by molar-refractivity contribution is 8.14. The molecule has 1 aliphatic carbocycles. The van der Waals surface area contributed by atoms with E-state index in [0.717, 1.165) is 5.92 Å². The molecule has 1 fully saturated rings. The lowest BCUT2D eigenvalue weighted by Crippen LogP contribution is -2.37. The average Bonchev–Trinajstić information content (AvgIpc) is 2.78. The number of thioether (sulfide) groups is 1. The molecule has 3 heteroatoms. The lowest BCUT2D eigenvalue weighted by atomic mass is 9.85. The van der Waals surface area contributed by atoms with Crippen LogP contribution < -0.4 is 5.32 Å². The molecule has 0 saturated heterocycles. The molecule has 1 N–H and O–H groups in total. The monoisotopic (exact) mass is 240 g/mol. The van der Waals surface area contributed by atoms with E-state index in [0.29, 0.717) is 12.1 Å². The molecule has 0 aromatic carbocycles. The first-order chi connectivity index (χ1) is 7.79. The third kappa shape index (κ3) is 3.16. The first-order valence-corrected chi connectivity index (χ1v) is 7.75. The summed E-state index contributed by atoms with van der Waals surface area (Å²) in [5.74, 6) is 2.05. The largest absolute Gasteiger partial charge is 0.362 e. The van der Waals surface area contributed by atoms with Crippen LogP contribution in [0.15, 0.2) is 4.99 Å². The van der Waals surface area contributed by atoms with Crippen LogP contribution in [0.3, 0.4) is 0 Å². The Morgan fingerprint density at radius 1 is 1.38 bits per heavy atom. The molecule has 1 heterocycles. The van der Waals surface area contributed by atoms with Gasteiger partial charge in [0.15, 0.2) is 5.17 Å². The summed E-state index contributed by atoms with van der Waals surface area (Å²) in [5, 5.41) is 4.82. The molecule has 1 aliphatic heterocycles. The van der Waals surface area contributed by atoms with Crippen molar-refractivity contribution in [2.75, 3.05) is 5.75 Å². The van der Waals surface area contributed by atoms with Gasteiger partial charge in [0.2, 0.25) is 0 Å². The molecule has 16 heavy (non-hydrogen) atoms. The highest BCUT2D eigenvalue weighted by atomic mass is 32.2. The Bertz CT molecular complexity index is 246. The smallest absolute Gasteiger partial charge is 0.157 e. The summed E-state index contributed by atoms with van der Waals surface area (Å²) in [6.07, 6.45) is 8.28. The van der Waals surface area contributed by atoms with Crippen LogP contribution >= 0.6 is 11.8 Å². The molecular weight excluding hydrogens is 216 g/mol. The highest BCUT2D eigenvalue weighted by Gasteiger charge is 2.23. The standard InChI is InChI=1S/C13H24N2S/c1-3-12-9-16-13(15-12)14-10(2)11-7-5-4-6-8-11/h10-12H,3-9H2,1-2H3,(H,14,15). The summed E-state index contributed by atoms with van der Waals surface area (Å²) in [5.41, 5.74) is 0. The minimum Gasteiger partial charge on any atom is -0.362 e. The number of aliphatic imine (C=N–C) groups is 1. The molecule has 0 bridgehead atoms. The van der Waals surface area contributed by atoms with Gasteiger partial charge in [0.1, 0.15) is 0 Å². The van der Waals surface area contributed by atoms with Crippen molar-refractivity contribution in [1.29, 1.82) is 0 Å². The maximum absolute atomic E-state index is 4.71. The Labute approximate surface area is 104 Å². The number of nitrogens with one attached hydrogen (secondary N) is 1. The second kappa shape index (κ2) is 5.95. The van der Waals surface area contributed by atoms with E-state index in [-0.39, 0.29) is 0 Å². The predicted octanol–water partition coefficient (Wildman–Crippen LogP) is 3.43. The number of amidine groups is 1. The Morgan fingerprint density at radius 3 is 2.75 bits per heavy atom. The molecule has 92 valence electrons. The molecule has 0 spiro atoms. The van der Waals surface area contributed by atoms with Crippen molar-refractivity contribution in [3.05, 3.63) is 0 Å². The fourth-order valence-corrected chi connectivity index (χ4v) is 3.80. The van der Waals surface area contributed by atoms with E-state index in [1.807, 2.05) is 11.8 Å². The summed E-state index contributed by atoms with van der Waals surface area (Å²) in [6.45, 7) is 4.56. The zero-order chi connectivity index (χ0) is 11.4. The summed E-state index contributed by atoms with van der Waals surface area (Å²) in [7, 11) is 0. The minimum atomic E-state index is 0.561. The molecule has 0 aromatic heterocycles. The molecule has 0 amide bonds. The van der Waals surface area contributed by atoms with Crippen LogP contribution in [0.5, 0.6) is 0 Å². The summed E-state index contributed by atoms with van der Waals surface area (Å²) < 4.78 is 0. The summed E-state index contributed by atoms with van der Waals surface area (Å²) in [6, 6.07) is 1.17. The molecule has 2 nitrogen and oxygen atoms in total. The molecule has 1 saturated carbocycles. The molecule has 2 unspecified atom stereocenters. The van der Waals surface area contributed by atoms with Gasteiger partial charge in [-0.1, -0.05) is 37.9 Å². The fourth-order valence-electron chi connectivity index (χ4n) is 2.65. The Hall–Kier alpha value is -0.180. The van der Waals surface area contributed by atoms with Crippen LogP contribution in [0, 0.1) is 5.92 Å². The van der Waals surface area contributed by atoms with Gasteiger partial charge in [0, 0.05) is 11.8 Å². The lowest BCUT2D eigenvalue weighted by molar-refractivity contribution is 0.302. The number of rotatable bonds is 3. The van der Waals surface area contributed by atoms with E-state index in [1.165, 1.54) is 49.4 Å². The molecule has 2 atom stereocenters. The van der Waals surface area contributed by atoms with Crippen molar-refractivity contribution in [3.8, 4) is 0 Å². The molecule has 0 aromatic rings. The second-order valence-corrected chi connectivity index (χ2v) is 6.15. The Balaban J connectivity index is 1.80. The van der Waals surface area contributed by atoms with Gasteiger partial charge in [-0.15, -0.1) is 0 Å². The quantitative estimate of drug-likeness (QED) is 0.817. The van der Waals surface area contributed by atoms with Crippen molar-refractivity contribution >= 4 is 16.9 Å². The van der Waals surface area contributed by atoms with Gasteiger partial charge >= 0.3 is 0 Å². The maximum atomic E-state index is 4.71. The fraction of sp³-hybridized carbons (Fsp3) is 0.923. The zero-order valence-electron chi connectivity index (χ0n) is 10.5. The minimum absolute atomic E-state index is 0.561. The Kier molecular flexibility index (Phi) is 4.56. The van der Waals surface area contributed by atoms with Gasteiger partial charge in [0.05, 0.1) is 6.04 Å². The van der Waals surface area contributed by atoms with Crippen LogP contribution in [0.25, 0.3) is 0 Å². The highest BCUT2D eigenvalue weighted by Crippen LogP contribution is 2.27. The maximum Gasteiger partial charge on any atom is 0.157 e. The number of hydrogen-bond acceptors (Lipinski definition) is 3. The van der Waals surface area contributed by atoms with Gasteiger partial charge in [0.25, 0.3) is 0 Å².